The van der Waals surface area contributed by atoms with Crippen molar-refractivity contribution in [3.63, 3.8) is 0 Å². The third kappa shape index (κ3) is 4.76. The van der Waals surface area contributed by atoms with Crippen molar-refractivity contribution >= 4 is 27.7 Å². The summed E-state index contributed by atoms with van der Waals surface area (Å²) in [4.78, 5) is 23.0. The first-order valence-corrected chi connectivity index (χ1v) is 7.12. The fraction of sp³-hybridized carbons (Fsp3) is 0.429. The first-order valence-electron chi connectivity index (χ1n) is 5.99. The molecule has 0 aliphatic carbocycles. The van der Waals surface area contributed by atoms with E-state index in [4.69, 9.17) is 9.47 Å². The van der Waals surface area contributed by atoms with E-state index in [1.54, 1.807) is 19.1 Å². The molecule has 0 bridgehead atoms. The van der Waals surface area contributed by atoms with Crippen LogP contribution in [0.25, 0.3) is 0 Å². The van der Waals surface area contributed by atoms with E-state index in [0.717, 1.165) is 5.56 Å². The van der Waals surface area contributed by atoms with E-state index in [9.17, 15) is 9.59 Å². The molecule has 5 heteroatoms. The van der Waals surface area contributed by atoms with Gasteiger partial charge in [-0.15, -0.1) is 0 Å². The van der Waals surface area contributed by atoms with Gasteiger partial charge in [-0.05, 0) is 12.5 Å². The van der Waals surface area contributed by atoms with E-state index in [1.165, 1.54) is 7.11 Å². The Morgan fingerprint density at radius 1 is 1.26 bits per heavy atom. The number of alkyl halides is 1. The van der Waals surface area contributed by atoms with Crippen molar-refractivity contribution in [2.24, 2.45) is 0 Å². The molecule has 0 fully saturated rings. The highest BCUT2D eigenvalue weighted by Crippen LogP contribution is 2.11. The third-order valence-corrected chi connectivity index (χ3v) is 3.16. The van der Waals surface area contributed by atoms with E-state index in [1.807, 2.05) is 12.1 Å². The lowest BCUT2D eigenvalue weighted by atomic mass is 10.0. The third-order valence-electron chi connectivity index (χ3n) is 2.65. The Kier molecular flexibility index (Phi) is 6.73. The number of methoxy groups -OCH3 is 1. The van der Waals surface area contributed by atoms with Crippen LogP contribution in [0.2, 0.25) is 0 Å². The molecule has 4 nitrogen and oxygen atoms in total. The molecule has 0 aliphatic heterocycles. The van der Waals surface area contributed by atoms with Crippen LogP contribution in [0.3, 0.4) is 0 Å². The van der Waals surface area contributed by atoms with Gasteiger partial charge >= 0.3 is 5.97 Å². The maximum absolute atomic E-state index is 11.6. The Hall–Kier alpha value is -1.20. The lowest BCUT2D eigenvalue weighted by molar-refractivity contribution is -0.154. The average Bonchev–Trinajstić information content (AvgIpc) is 2.44. The first-order chi connectivity index (χ1) is 9.12. The van der Waals surface area contributed by atoms with Gasteiger partial charge in [0.2, 0.25) is 0 Å². The number of Topliss-reactive ketones (excluding diaryl/α,β-unsaturated/α-hetero) is 1. The quantitative estimate of drug-likeness (QED) is 0.438. The van der Waals surface area contributed by atoms with Gasteiger partial charge in [0.1, 0.15) is 0 Å². The van der Waals surface area contributed by atoms with Crippen molar-refractivity contribution in [1.29, 1.82) is 0 Å². The van der Waals surface area contributed by atoms with E-state index in [2.05, 4.69) is 15.9 Å². The normalized spacial score (nSPS) is 11.9. The number of benzene rings is 1. The highest BCUT2D eigenvalue weighted by Gasteiger charge is 2.19. The maximum Gasteiger partial charge on any atom is 0.335 e. The summed E-state index contributed by atoms with van der Waals surface area (Å²) in [5.41, 5.74) is 1.57. The molecule has 1 rings (SSSR count). The lowest BCUT2D eigenvalue weighted by Crippen LogP contribution is -2.27. The summed E-state index contributed by atoms with van der Waals surface area (Å²) in [7, 11) is 1.48. The molecule has 0 spiro atoms. The molecule has 0 amide bonds. The van der Waals surface area contributed by atoms with Gasteiger partial charge in [-0.3, -0.25) is 4.79 Å². The molecule has 0 radical (unpaired) electrons. The van der Waals surface area contributed by atoms with Crippen molar-refractivity contribution in [2.45, 2.75) is 19.4 Å². The Balaban J connectivity index is 2.70. The van der Waals surface area contributed by atoms with Crippen LogP contribution in [0.4, 0.5) is 0 Å². The summed E-state index contributed by atoms with van der Waals surface area (Å²) in [5.74, 6) is -0.342. The number of ketones is 1. The number of carbonyl (C=O) groups is 2. The zero-order valence-corrected chi connectivity index (χ0v) is 12.6. The summed E-state index contributed by atoms with van der Waals surface area (Å²) in [5, 5.41) is 0.301. The van der Waals surface area contributed by atoms with Gasteiger partial charge in [0.15, 0.2) is 11.9 Å². The Labute approximate surface area is 121 Å². The van der Waals surface area contributed by atoms with Crippen molar-refractivity contribution < 1.29 is 19.1 Å². The van der Waals surface area contributed by atoms with E-state index in [-0.39, 0.29) is 11.8 Å². The summed E-state index contributed by atoms with van der Waals surface area (Å²) >= 11 is 3.13. The molecule has 1 aromatic carbocycles. The number of rotatable bonds is 7. The summed E-state index contributed by atoms with van der Waals surface area (Å²) < 4.78 is 10.0. The minimum atomic E-state index is -0.613. The van der Waals surface area contributed by atoms with Gasteiger partial charge in [-0.25, -0.2) is 4.79 Å². The summed E-state index contributed by atoms with van der Waals surface area (Å²) in [6, 6.07) is 7.13. The van der Waals surface area contributed by atoms with Crippen LogP contribution in [0.1, 0.15) is 22.8 Å². The largest absolute Gasteiger partial charge is 0.464 e. The number of ether oxygens (including phenoxy) is 2. The molecule has 0 aromatic heterocycles. The molecule has 1 atom stereocenters. The van der Waals surface area contributed by atoms with Crippen LogP contribution in [-0.4, -0.2) is 36.9 Å². The first kappa shape index (κ1) is 15.9. The van der Waals surface area contributed by atoms with Crippen molar-refractivity contribution in [2.75, 3.05) is 19.0 Å². The molecule has 0 saturated carbocycles. The molecule has 1 aromatic rings. The molecule has 0 heterocycles. The van der Waals surface area contributed by atoms with Crippen LogP contribution in [0.15, 0.2) is 24.3 Å². The second-order valence-corrected chi connectivity index (χ2v) is 4.49. The molecule has 104 valence electrons. The van der Waals surface area contributed by atoms with Gasteiger partial charge in [0.05, 0.1) is 11.9 Å². The number of hydrogen-bond donors (Lipinski definition) is 0. The van der Waals surface area contributed by atoms with Crippen molar-refractivity contribution in [3.8, 4) is 0 Å². The number of halogens is 1. The Morgan fingerprint density at radius 3 is 2.37 bits per heavy atom. The lowest BCUT2D eigenvalue weighted by Gasteiger charge is -2.13. The zero-order valence-electron chi connectivity index (χ0n) is 11.0. The molecular formula is C14H17BrO4. The fourth-order valence-electron chi connectivity index (χ4n) is 1.62. The highest BCUT2D eigenvalue weighted by molar-refractivity contribution is 9.09. The number of esters is 1. The van der Waals surface area contributed by atoms with Crippen LogP contribution in [0, 0.1) is 0 Å². The topological polar surface area (TPSA) is 52.6 Å². The molecular weight excluding hydrogens is 312 g/mol. The van der Waals surface area contributed by atoms with E-state index in [0.29, 0.717) is 23.9 Å². The predicted molar refractivity (Wildman–Crippen MR) is 75.7 cm³/mol. The van der Waals surface area contributed by atoms with Gasteiger partial charge in [0.25, 0.3) is 0 Å². The summed E-state index contributed by atoms with van der Waals surface area (Å²) in [6.45, 7) is 2.09. The smallest absolute Gasteiger partial charge is 0.335 e. The van der Waals surface area contributed by atoms with Crippen molar-refractivity contribution in [3.05, 3.63) is 35.4 Å². The van der Waals surface area contributed by atoms with Crippen LogP contribution in [-0.2, 0) is 20.7 Å². The fourth-order valence-corrected chi connectivity index (χ4v) is 1.94. The summed E-state index contributed by atoms with van der Waals surface area (Å²) in [6.07, 6.45) is -0.185. The highest BCUT2D eigenvalue weighted by atomic mass is 79.9. The predicted octanol–water partition coefficient (Wildman–Crippen LogP) is 2.38. The van der Waals surface area contributed by atoms with Gasteiger partial charge in [-0.2, -0.15) is 0 Å². The molecule has 0 saturated heterocycles. The Bertz CT molecular complexity index is 428. The van der Waals surface area contributed by atoms with E-state index >= 15 is 0 Å². The average molecular weight is 329 g/mol. The number of hydrogen-bond acceptors (Lipinski definition) is 4. The Morgan fingerprint density at radius 2 is 1.89 bits per heavy atom. The van der Waals surface area contributed by atoms with Crippen LogP contribution >= 0.6 is 15.9 Å². The zero-order chi connectivity index (χ0) is 14.3. The molecule has 0 N–H and O–H groups in total. The SMILES string of the molecule is CCOC(=O)C(Cc1ccc(C(=O)CBr)cc1)OC. The molecule has 19 heavy (non-hydrogen) atoms. The standard InChI is InChI=1S/C14H17BrO4/c1-3-19-14(17)13(18-2)8-10-4-6-11(7-5-10)12(16)9-15/h4-7,13H,3,8-9H2,1-2H3. The second kappa shape index (κ2) is 8.07. The monoisotopic (exact) mass is 328 g/mol. The van der Waals surface area contributed by atoms with Gasteiger partial charge in [0, 0.05) is 19.1 Å². The molecule has 0 aliphatic rings. The molecule has 1 unspecified atom stereocenters. The second-order valence-electron chi connectivity index (χ2n) is 3.93. The van der Waals surface area contributed by atoms with Gasteiger partial charge in [-0.1, -0.05) is 40.2 Å². The van der Waals surface area contributed by atoms with Crippen LogP contribution < -0.4 is 0 Å². The minimum Gasteiger partial charge on any atom is -0.464 e. The van der Waals surface area contributed by atoms with Gasteiger partial charge < -0.3 is 9.47 Å². The van der Waals surface area contributed by atoms with Crippen LogP contribution in [0.5, 0.6) is 0 Å². The van der Waals surface area contributed by atoms with Crippen molar-refractivity contribution in [1.82, 2.24) is 0 Å². The minimum absolute atomic E-state index is 0.0280. The number of carbonyl (C=O) groups excluding carboxylic acids is 2. The van der Waals surface area contributed by atoms with E-state index < -0.39 is 6.10 Å². The maximum atomic E-state index is 11.6.